The number of ether oxygens (including phenoxy) is 1. The van der Waals surface area contributed by atoms with E-state index in [0.717, 1.165) is 31.2 Å². The molecule has 1 atom stereocenters. The predicted octanol–water partition coefficient (Wildman–Crippen LogP) is 1.52. The molecule has 0 aromatic carbocycles. The summed E-state index contributed by atoms with van der Waals surface area (Å²) in [5.74, 6) is 3.19. The molecular formula is C16H26N6O2. The van der Waals surface area contributed by atoms with Crippen molar-refractivity contribution in [1.82, 2.24) is 29.8 Å². The van der Waals surface area contributed by atoms with Crippen LogP contribution in [0, 0.1) is 13.8 Å². The molecule has 8 heteroatoms. The number of hydrogen-bond donors (Lipinski definition) is 0. The Balaban J connectivity index is 1.63. The number of nitrogens with zero attached hydrogens (tertiary/aromatic N) is 6. The van der Waals surface area contributed by atoms with Gasteiger partial charge in [0.25, 0.3) is 0 Å². The van der Waals surface area contributed by atoms with Crippen molar-refractivity contribution < 1.29 is 9.26 Å². The maximum absolute atomic E-state index is 5.40. The van der Waals surface area contributed by atoms with Gasteiger partial charge in [-0.15, -0.1) is 0 Å². The Morgan fingerprint density at radius 2 is 2.12 bits per heavy atom. The monoisotopic (exact) mass is 334 g/mol. The lowest BCUT2D eigenvalue weighted by Crippen LogP contribution is -2.42. The van der Waals surface area contributed by atoms with E-state index in [1.54, 1.807) is 7.11 Å². The van der Waals surface area contributed by atoms with Gasteiger partial charge in [-0.25, -0.2) is 9.67 Å². The fourth-order valence-corrected chi connectivity index (χ4v) is 3.23. The Hall–Kier alpha value is -1.80. The summed E-state index contributed by atoms with van der Waals surface area (Å²) in [6.07, 6.45) is 4.29. The van der Waals surface area contributed by atoms with Crippen LogP contribution >= 0.6 is 0 Å². The summed E-state index contributed by atoms with van der Waals surface area (Å²) in [5, 5.41) is 8.52. The zero-order chi connectivity index (χ0) is 16.9. The molecule has 1 aliphatic rings. The smallest absolute Gasteiger partial charge is 0.240 e. The van der Waals surface area contributed by atoms with E-state index in [1.165, 1.54) is 12.8 Å². The van der Waals surface area contributed by atoms with Gasteiger partial charge in [0, 0.05) is 19.6 Å². The second-order valence-electron chi connectivity index (χ2n) is 6.36. The molecule has 0 bridgehead atoms. The largest absolute Gasteiger partial charge is 0.384 e. The number of piperidine rings is 1. The third-order valence-electron chi connectivity index (χ3n) is 4.47. The number of rotatable bonds is 7. The first-order valence-electron chi connectivity index (χ1n) is 8.58. The van der Waals surface area contributed by atoms with Crippen LogP contribution in [0.4, 0.5) is 0 Å². The third kappa shape index (κ3) is 4.18. The first-order chi connectivity index (χ1) is 11.7. The highest BCUT2D eigenvalue weighted by Crippen LogP contribution is 2.21. The zero-order valence-corrected chi connectivity index (χ0v) is 14.7. The summed E-state index contributed by atoms with van der Waals surface area (Å²) < 4.78 is 12.5. The topological polar surface area (TPSA) is 82.1 Å². The number of methoxy groups -OCH3 is 1. The maximum atomic E-state index is 5.40. The molecule has 1 fully saturated rings. The average molecular weight is 334 g/mol. The molecule has 0 saturated carbocycles. The lowest BCUT2D eigenvalue weighted by Gasteiger charge is -2.34. The molecular weight excluding hydrogens is 308 g/mol. The number of aromatic nitrogens is 5. The lowest BCUT2D eigenvalue weighted by atomic mass is 10.0. The minimum Gasteiger partial charge on any atom is -0.384 e. The van der Waals surface area contributed by atoms with Crippen LogP contribution in [-0.2, 0) is 24.2 Å². The first-order valence-corrected chi connectivity index (χ1v) is 8.58. The Bertz CT molecular complexity index is 653. The van der Waals surface area contributed by atoms with E-state index in [-0.39, 0.29) is 0 Å². The second-order valence-corrected chi connectivity index (χ2v) is 6.36. The second kappa shape index (κ2) is 7.85. The summed E-state index contributed by atoms with van der Waals surface area (Å²) in [5.41, 5.74) is 0. The van der Waals surface area contributed by atoms with Gasteiger partial charge in [-0.05, 0) is 33.2 Å². The van der Waals surface area contributed by atoms with Gasteiger partial charge in [0.15, 0.2) is 5.82 Å². The van der Waals surface area contributed by atoms with Crippen LogP contribution in [-0.4, -0.2) is 56.1 Å². The summed E-state index contributed by atoms with van der Waals surface area (Å²) in [6.45, 7) is 7.15. The van der Waals surface area contributed by atoms with Crippen molar-refractivity contribution in [2.75, 3.05) is 20.3 Å². The van der Waals surface area contributed by atoms with Crippen molar-refractivity contribution >= 4 is 0 Å². The van der Waals surface area contributed by atoms with E-state index in [1.807, 2.05) is 18.5 Å². The average Bonchev–Trinajstić information content (AvgIpc) is 3.13. The van der Waals surface area contributed by atoms with E-state index in [2.05, 4.69) is 25.1 Å². The molecule has 8 nitrogen and oxygen atoms in total. The molecule has 0 radical (unpaired) electrons. The summed E-state index contributed by atoms with van der Waals surface area (Å²) in [4.78, 5) is 11.3. The van der Waals surface area contributed by atoms with Crippen LogP contribution in [0.15, 0.2) is 4.52 Å². The molecule has 24 heavy (non-hydrogen) atoms. The van der Waals surface area contributed by atoms with E-state index in [4.69, 9.17) is 9.26 Å². The van der Waals surface area contributed by atoms with Crippen molar-refractivity contribution in [2.24, 2.45) is 0 Å². The van der Waals surface area contributed by atoms with Gasteiger partial charge in [0.1, 0.15) is 11.6 Å². The molecule has 0 aliphatic carbocycles. The van der Waals surface area contributed by atoms with Gasteiger partial charge in [-0.1, -0.05) is 11.6 Å². The normalized spacial score (nSPS) is 19.0. The van der Waals surface area contributed by atoms with Crippen molar-refractivity contribution in [3.63, 3.8) is 0 Å². The van der Waals surface area contributed by atoms with Gasteiger partial charge in [-0.2, -0.15) is 10.1 Å². The van der Waals surface area contributed by atoms with Crippen LogP contribution in [0.1, 0.15) is 42.6 Å². The molecule has 3 rings (SSSR count). The van der Waals surface area contributed by atoms with Crippen molar-refractivity contribution in [2.45, 2.75) is 58.7 Å². The molecule has 3 heterocycles. The quantitative estimate of drug-likeness (QED) is 0.759. The highest BCUT2D eigenvalue weighted by molar-refractivity contribution is 4.91. The number of likely N-dealkylation sites (tertiary alicyclic amines) is 1. The standard InChI is InChI=1S/C16H26N6O2/c1-12-17-13(2)22(19-12)10-14-6-4-5-8-21(14)11-16-18-15(20-24-16)7-9-23-3/h14H,4-11H2,1-3H3/t14-/m1/s1. The Morgan fingerprint density at radius 1 is 1.25 bits per heavy atom. The van der Waals surface area contributed by atoms with Crippen LogP contribution in [0.5, 0.6) is 0 Å². The molecule has 2 aromatic heterocycles. The van der Waals surface area contributed by atoms with Crippen LogP contribution in [0.25, 0.3) is 0 Å². The molecule has 132 valence electrons. The molecule has 0 N–H and O–H groups in total. The van der Waals surface area contributed by atoms with E-state index >= 15 is 0 Å². The molecule has 0 spiro atoms. The van der Waals surface area contributed by atoms with Gasteiger partial charge in [-0.3, -0.25) is 4.90 Å². The van der Waals surface area contributed by atoms with Crippen molar-refractivity contribution in [3.8, 4) is 0 Å². The maximum Gasteiger partial charge on any atom is 0.240 e. The first kappa shape index (κ1) is 17.0. The Labute approximate surface area is 142 Å². The minimum atomic E-state index is 0.424. The van der Waals surface area contributed by atoms with Gasteiger partial charge in [0.2, 0.25) is 5.89 Å². The van der Waals surface area contributed by atoms with Crippen LogP contribution in [0.3, 0.4) is 0 Å². The number of aryl methyl sites for hydroxylation is 2. The summed E-state index contributed by atoms with van der Waals surface area (Å²) in [7, 11) is 1.67. The van der Waals surface area contributed by atoms with E-state index < -0.39 is 0 Å². The van der Waals surface area contributed by atoms with Gasteiger partial charge < -0.3 is 9.26 Å². The molecule has 0 amide bonds. The highest BCUT2D eigenvalue weighted by Gasteiger charge is 2.25. The van der Waals surface area contributed by atoms with Crippen molar-refractivity contribution in [3.05, 3.63) is 23.4 Å². The molecule has 1 aliphatic heterocycles. The number of hydrogen-bond acceptors (Lipinski definition) is 7. The summed E-state index contributed by atoms with van der Waals surface area (Å²) in [6, 6.07) is 0.424. The highest BCUT2D eigenvalue weighted by atomic mass is 16.5. The van der Waals surface area contributed by atoms with E-state index in [9.17, 15) is 0 Å². The van der Waals surface area contributed by atoms with Gasteiger partial charge in [0.05, 0.1) is 19.7 Å². The van der Waals surface area contributed by atoms with Crippen molar-refractivity contribution in [1.29, 1.82) is 0 Å². The van der Waals surface area contributed by atoms with E-state index in [0.29, 0.717) is 37.3 Å². The summed E-state index contributed by atoms with van der Waals surface area (Å²) >= 11 is 0. The Kier molecular flexibility index (Phi) is 5.57. The fourth-order valence-electron chi connectivity index (χ4n) is 3.23. The van der Waals surface area contributed by atoms with Crippen LogP contribution < -0.4 is 0 Å². The Morgan fingerprint density at radius 3 is 2.88 bits per heavy atom. The molecule has 1 saturated heterocycles. The predicted molar refractivity (Wildman–Crippen MR) is 87.4 cm³/mol. The SMILES string of the molecule is COCCc1noc(CN2CCCC[C@@H]2Cn2nc(C)nc2C)n1. The van der Waals surface area contributed by atoms with Gasteiger partial charge >= 0.3 is 0 Å². The molecule has 2 aromatic rings. The zero-order valence-electron chi connectivity index (χ0n) is 14.7. The molecule has 0 unspecified atom stereocenters. The lowest BCUT2D eigenvalue weighted by molar-refractivity contribution is 0.107. The van der Waals surface area contributed by atoms with Crippen LogP contribution in [0.2, 0.25) is 0 Å². The third-order valence-corrected chi connectivity index (χ3v) is 4.47. The minimum absolute atomic E-state index is 0.424. The fraction of sp³-hybridized carbons (Fsp3) is 0.750.